The summed E-state index contributed by atoms with van der Waals surface area (Å²) >= 11 is 0. The van der Waals surface area contributed by atoms with Gasteiger partial charge in [0.05, 0.1) is 13.0 Å². The van der Waals surface area contributed by atoms with E-state index in [-0.39, 0.29) is 18.4 Å². The van der Waals surface area contributed by atoms with Crippen molar-refractivity contribution in [2.75, 3.05) is 18.9 Å². The number of amides is 2. The summed E-state index contributed by atoms with van der Waals surface area (Å²) < 4.78 is 0. The molecule has 0 aliphatic heterocycles. The third-order valence-electron chi connectivity index (χ3n) is 4.51. The van der Waals surface area contributed by atoms with Gasteiger partial charge in [-0.15, -0.1) is 0 Å². The van der Waals surface area contributed by atoms with Crippen LogP contribution in [0.4, 0.5) is 5.69 Å². The van der Waals surface area contributed by atoms with Crippen LogP contribution in [0.25, 0.3) is 0 Å². The van der Waals surface area contributed by atoms with Gasteiger partial charge in [0.2, 0.25) is 11.8 Å². The normalized spacial score (nSPS) is 20.6. The molecule has 0 spiro atoms. The molecular formula is C18H27N3O2. The maximum atomic E-state index is 12.1. The molecule has 5 heteroatoms. The maximum Gasteiger partial charge on any atom is 0.239 e. The van der Waals surface area contributed by atoms with Crippen LogP contribution in [0, 0.1) is 5.92 Å². The molecule has 23 heavy (non-hydrogen) atoms. The first-order valence-corrected chi connectivity index (χ1v) is 8.41. The molecule has 1 fully saturated rings. The lowest BCUT2D eigenvalue weighted by Crippen LogP contribution is -2.43. The van der Waals surface area contributed by atoms with Crippen molar-refractivity contribution in [3.05, 3.63) is 29.8 Å². The van der Waals surface area contributed by atoms with Gasteiger partial charge in [0, 0.05) is 18.8 Å². The van der Waals surface area contributed by atoms with E-state index in [2.05, 4.69) is 22.9 Å². The summed E-state index contributed by atoms with van der Waals surface area (Å²) in [6, 6.07) is 7.91. The minimum absolute atomic E-state index is 0.00770. The van der Waals surface area contributed by atoms with Gasteiger partial charge in [0.15, 0.2) is 0 Å². The highest BCUT2D eigenvalue weighted by molar-refractivity contribution is 5.81. The van der Waals surface area contributed by atoms with E-state index in [1.165, 1.54) is 19.3 Å². The fourth-order valence-corrected chi connectivity index (χ4v) is 2.99. The molecule has 1 aromatic carbocycles. The van der Waals surface area contributed by atoms with Crippen LogP contribution < -0.4 is 16.0 Å². The summed E-state index contributed by atoms with van der Waals surface area (Å²) in [5.74, 6) is 0.599. The topological polar surface area (TPSA) is 70.2 Å². The predicted octanol–water partition coefficient (Wildman–Crippen LogP) is 2.08. The lowest BCUT2D eigenvalue weighted by atomic mass is 9.86. The van der Waals surface area contributed by atoms with Crippen molar-refractivity contribution >= 4 is 17.5 Å². The molecule has 2 atom stereocenters. The van der Waals surface area contributed by atoms with E-state index in [0.29, 0.717) is 18.4 Å². The van der Waals surface area contributed by atoms with Gasteiger partial charge in [-0.1, -0.05) is 31.9 Å². The van der Waals surface area contributed by atoms with Crippen molar-refractivity contribution in [2.24, 2.45) is 5.92 Å². The van der Waals surface area contributed by atoms with Crippen LogP contribution in [-0.4, -0.2) is 31.4 Å². The van der Waals surface area contributed by atoms with Crippen LogP contribution in [0.15, 0.2) is 24.3 Å². The number of carbonyl (C=O) groups is 2. The average molecular weight is 317 g/mol. The van der Waals surface area contributed by atoms with Crippen molar-refractivity contribution < 1.29 is 9.59 Å². The van der Waals surface area contributed by atoms with E-state index < -0.39 is 0 Å². The first-order valence-electron chi connectivity index (χ1n) is 8.41. The van der Waals surface area contributed by atoms with Crippen LogP contribution in [0.1, 0.15) is 38.2 Å². The molecule has 1 saturated carbocycles. The number of benzene rings is 1. The molecule has 0 aromatic heterocycles. The van der Waals surface area contributed by atoms with E-state index >= 15 is 0 Å². The number of likely N-dealkylation sites (N-methyl/N-ethyl adjacent to an activating group) is 1. The van der Waals surface area contributed by atoms with Crippen molar-refractivity contribution in [1.82, 2.24) is 10.6 Å². The molecule has 0 bridgehead atoms. The van der Waals surface area contributed by atoms with Gasteiger partial charge in [-0.25, -0.2) is 0 Å². The fraction of sp³-hybridized carbons (Fsp3) is 0.556. The molecule has 2 unspecified atom stereocenters. The van der Waals surface area contributed by atoms with Crippen LogP contribution in [-0.2, 0) is 16.0 Å². The lowest BCUT2D eigenvalue weighted by Gasteiger charge is -2.29. The second kappa shape index (κ2) is 8.56. The number of rotatable bonds is 6. The highest BCUT2D eigenvalue weighted by Gasteiger charge is 2.22. The molecule has 0 heterocycles. The molecule has 126 valence electrons. The SMILES string of the molecule is CNC(=O)Cc1ccc(NCC(=O)NC2CCCCC2C)cc1. The number of hydrogen-bond donors (Lipinski definition) is 3. The molecule has 2 amide bonds. The zero-order chi connectivity index (χ0) is 16.7. The summed E-state index contributed by atoms with van der Waals surface area (Å²) in [6.07, 6.45) is 5.13. The van der Waals surface area contributed by atoms with E-state index in [0.717, 1.165) is 17.7 Å². The highest BCUT2D eigenvalue weighted by atomic mass is 16.2. The van der Waals surface area contributed by atoms with Gasteiger partial charge in [0.25, 0.3) is 0 Å². The van der Waals surface area contributed by atoms with Crippen LogP contribution >= 0.6 is 0 Å². The average Bonchev–Trinajstić information content (AvgIpc) is 2.56. The second-order valence-electron chi connectivity index (χ2n) is 6.34. The number of hydrogen-bond acceptors (Lipinski definition) is 3. The summed E-state index contributed by atoms with van der Waals surface area (Å²) in [5, 5.41) is 8.86. The van der Waals surface area contributed by atoms with Crippen molar-refractivity contribution in [3.63, 3.8) is 0 Å². The van der Waals surface area contributed by atoms with Gasteiger partial charge < -0.3 is 16.0 Å². The zero-order valence-electron chi connectivity index (χ0n) is 14.0. The predicted molar refractivity (Wildman–Crippen MR) is 92.3 cm³/mol. The molecule has 5 nitrogen and oxygen atoms in total. The molecule has 0 saturated heterocycles. The Morgan fingerprint density at radius 3 is 2.43 bits per heavy atom. The molecule has 1 aromatic rings. The smallest absolute Gasteiger partial charge is 0.239 e. The van der Waals surface area contributed by atoms with Crippen LogP contribution in [0.3, 0.4) is 0 Å². The second-order valence-corrected chi connectivity index (χ2v) is 6.34. The molecule has 2 rings (SSSR count). The quantitative estimate of drug-likeness (QED) is 0.752. The van der Waals surface area contributed by atoms with E-state index in [1.54, 1.807) is 7.05 Å². The Bertz CT molecular complexity index is 528. The van der Waals surface area contributed by atoms with Gasteiger partial charge in [-0.05, 0) is 36.5 Å². The first kappa shape index (κ1) is 17.3. The molecular weight excluding hydrogens is 290 g/mol. The molecule has 1 aliphatic carbocycles. The summed E-state index contributed by atoms with van der Waals surface area (Å²) in [6.45, 7) is 2.49. The minimum atomic E-state index is -0.00770. The summed E-state index contributed by atoms with van der Waals surface area (Å²) in [4.78, 5) is 23.4. The molecule has 0 radical (unpaired) electrons. The zero-order valence-corrected chi connectivity index (χ0v) is 14.0. The number of anilines is 1. The van der Waals surface area contributed by atoms with Crippen LogP contribution in [0.2, 0.25) is 0 Å². The monoisotopic (exact) mass is 317 g/mol. The Morgan fingerprint density at radius 2 is 1.78 bits per heavy atom. The van der Waals surface area contributed by atoms with Gasteiger partial charge in [-0.2, -0.15) is 0 Å². The van der Waals surface area contributed by atoms with E-state index in [9.17, 15) is 9.59 Å². The third-order valence-corrected chi connectivity index (χ3v) is 4.51. The van der Waals surface area contributed by atoms with Crippen molar-refractivity contribution in [1.29, 1.82) is 0 Å². The molecule has 3 N–H and O–H groups in total. The maximum absolute atomic E-state index is 12.1. The Labute approximate surface area is 138 Å². The fourth-order valence-electron chi connectivity index (χ4n) is 2.99. The van der Waals surface area contributed by atoms with Gasteiger partial charge in [-0.3, -0.25) is 9.59 Å². The largest absolute Gasteiger partial charge is 0.376 e. The van der Waals surface area contributed by atoms with Gasteiger partial charge >= 0.3 is 0 Å². The summed E-state index contributed by atoms with van der Waals surface area (Å²) in [7, 11) is 1.63. The number of carbonyl (C=O) groups excluding carboxylic acids is 2. The summed E-state index contributed by atoms with van der Waals surface area (Å²) in [5.41, 5.74) is 1.84. The minimum Gasteiger partial charge on any atom is -0.376 e. The highest BCUT2D eigenvalue weighted by Crippen LogP contribution is 2.23. The number of nitrogens with one attached hydrogen (secondary N) is 3. The van der Waals surface area contributed by atoms with E-state index in [4.69, 9.17) is 0 Å². The molecule has 1 aliphatic rings. The van der Waals surface area contributed by atoms with Crippen molar-refractivity contribution in [2.45, 2.75) is 45.1 Å². The van der Waals surface area contributed by atoms with E-state index in [1.807, 2.05) is 24.3 Å². The Balaban J connectivity index is 1.76. The third kappa shape index (κ3) is 5.58. The lowest BCUT2D eigenvalue weighted by molar-refractivity contribution is -0.121. The van der Waals surface area contributed by atoms with Crippen LogP contribution in [0.5, 0.6) is 0 Å². The van der Waals surface area contributed by atoms with Crippen molar-refractivity contribution in [3.8, 4) is 0 Å². The van der Waals surface area contributed by atoms with Gasteiger partial charge in [0.1, 0.15) is 0 Å². The standard InChI is InChI=1S/C18H27N3O2/c1-13-5-3-4-6-16(13)21-18(23)12-20-15-9-7-14(8-10-15)11-17(22)19-2/h7-10,13,16,20H,3-6,11-12H2,1-2H3,(H,19,22)(H,21,23). The Hall–Kier alpha value is -2.04. The Morgan fingerprint density at radius 1 is 1.09 bits per heavy atom. The Kier molecular flexibility index (Phi) is 6.44. The first-order chi connectivity index (χ1) is 11.1.